The highest BCUT2D eigenvalue weighted by Gasteiger charge is 2.39. The fraction of sp³-hybridized carbons (Fsp3) is 0.200. The molecule has 3 nitrogen and oxygen atoms in total. The van der Waals surface area contributed by atoms with Crippen LogP contribution in [0.2, 0.25) is 0 Å². The number of carbonyl (C=O) groups is 2. The molecule has 0 fully saturated rings. The van der Waals surface area contributed by atoms with E-state index < -0.39 is 0 Å². The standard InChI is InChI=1S/C20H17NO2/c22-19-10-11-20(23)21(19)18-13-15(12-14-6-2-1-3-7-14)16-8-4-5-9-17(16)18/h1-11,15,18H,12-13H2/t15-,18-/m0/s1. The first-order chi connectivity index (χ1) is 11.2. The SMILES string of the molecule is O=C1C=CC(=O)N1[C@H]1C[C@H](Cc2ccccc2)c2ccccc21. The van der Waals surface area contributed by atoms with E-state index in [0.717, 1.165) is 18.4 Å². The second-order valence-electron chi connectivity index (χ2n) is 6.15. The predicted molar refractivity (Wildman–Crippen MR) is 87.7 cm³/mol. The summed E-state index contributed by atoms with van der Waals surface area (Å²) < 4.78 is 0. The topological polar surface area (TPSA) is 37.4 Å². The molecule has 0 saturated carbocycles. The van der Waals surface area contributed by atoms with Crippen molar-refractivity contribution in [2.24, 2.45) is 0 Å². The van der Waals surface area contributed by atoms with Gasteiger partial charge < -0.3 is 0 Å². The van der Waals surface area contributed by atoms with Crippen molar-refractivity contribution in [1.82, 2.24) is 4.90 Å². The summed E-state index contributed by atoms with van der Waals surface area (Å²) in [5.41, 5.74) is 3.65. The van der Waals surface area contributed by atoms with Crippen molar-refractivity contribution in [1.29, 1.82) is 0 Å². The summed E-state index contributed by atoms with van der Waals surface area (Å²) in [6.07, 6.45) is 4.47. The van der Waals surface area contributed by atoms with Crippen molar-refractivity contribution in [3.8, 4) is 0 Å². The molecule has 1 aliphatic carbocycles. The largest absolute Gasteiger partial charge is 0.269 e. The zero-order chi connectivity index (χ0) is 15.8. The van der Waals surface area contributed by atoms with Crippen molar-refractivity contribution >= 4 is 11.8 Å². The fourth-order valence-corrected chi connectivity index (χ4v) is 3.76. The molecule has 0 N–H and O–H groups in total. The first-order valence-electron chi connectivity index (χ1n) is 7.92. The number of imide groups is 1. The highest BCUT2D eigenvalue weighted by molar-refractivity contribution is 6.13. The summed E-state index contributed by atoms with van der Waals surface area (Å²) in [6, 6.07) is 18.4. The first kappa shape index (κ1) is 13.9. The van der Waals surface area contributed by atoms with Gasteiger partial charge in [0.05, 0.1) is 6.04 Å². The minimum absolute atomic E-state index is 0.144. The zero-order valence-electron chi connectivity index (χ0n) is 12.7. The van der Waals surface area contributed by atoms with Gasteiger partial charge in [-0.25, -0.2) is 0 Å². The Labute approximate surface area is 135 Å². The third-order valence-electron chi connectivity index (χ3n) is 4.78. The highest BCUT2D eigenvalue weighted by Crippen LogP contribution is 2.45. The quantitative estimate of drug-likeness (QED) is 0.815. The summed E-state index contributed by atoms with van der Waals surface area (Å²) >= 11 is 0. The van der Waals surface area contributed by atoms with E-state index in [4.69, 9.17) is 0 Å². The van der Waals surface area contributed by atoms with E-state index in [1.165, 1.54) is 28.2 Å². The fourth-order valence-electron chi connectivity index (χ4n) is 3.76. The molecule has 2 aromatic rings. The van der Waals surface area contributed by atoms with Crippen molar-refractivity contribution in [3.63, 3.8) is 0 Å². The van der Waals surface area contributed by atoms with Gasteiger partial charge in [-0.15, -0.1) is 0 Å². The molecule has 0 saturated heterocycles. The molecule has 0 aromatic heterocycles. The van der Waals surface area contributed by atoms with Crippen LogP contribution in [0, 0.1) is 0 Å². The molecular formula is C20H17NO2. The van der Waals surface area contributed by atoms with Crippen LogP contribution >= 0.6 is 0 Å². The maximum absolute atomic E-state index is 12.1. The molecule has 0 bridgehead atoms. The smallest absolute Gasteiger partial charge is 0.254 e. The summed E-state index contributed by atoms with van der Waals surface area (Å²) in [5, 5.41) is 0. The Morgan fingerprint density at radius 3 is 2.13 bits per heavy atom. The van der Waals surface area contributed by atoms with E-state index in [-0.39, 0.29) is 17.9 Å². The number of hydrogen-bond acceptors (Lipinski definition) is 2. The molecule has 1 heterocycles. The molecule has 0 radical (unpaired) electrons. The number of hydrogen-bond donors (Lipinski definition) is 0. The minimum Gasteiger partial charge on any atom is -0.269 e. The molecule has 2 amide bonds. The van der Waals surface area contributed by atoms with Gasteiger partial charge in [-0.2, -0.15) is 0 Å². The van der Waals surface area contributed by atoms with Crippen LogP contribution in [0.15, 0.2) is 66.7 Å². The first-order valence-corrected chi connectivity index (χ1v) is 7.92. The van der Waals surface area contributed by atoms with Gasteiger partial charge in [0.1, 0.15) is 0 Å². The number of fused-ring (bicyclic) bond motifs is 1. The lowest BCUT2D eigenvalue weighted by Gasteiger charge is -2.23. The second kappa shape index (κ2) is 5.51. The Kier molecular flexibility index (Phi) is 3.34. The van der Waals surface area contributed by atoms with Gasteiger partial charge in [0.2, 0.25) is 0 Å². The van der Waals surface area contributed by atoms with E-state index in [0.29, 0.717) is 5.92 Å². The average molecular weight is 303 g/mol. The zero-order valence-corrected chi connectivity index (χ0v) is 12.7. The molecular weight excluding hydrogens is 286 g/mol. The molecule has 2 atom stereocenters. The van der Waals surface area contributed by atoms with E-state index >= 15 is 0 Å². The maximum Gasteiger partial charge on any atom is 0.254 e. The molecule has 1 aliphatic heterocycles. The van der Waals surface area contributed by atoms with Gasteiger partial charge in [0.25, 0.3) is 11.8 Å². The van der Waals surface area contributed by atoms with Crippen molar-refractivity contribution < 1.29 is 9.59 Å². The van der Waals surface area contributed by atoms with E-state index in [1.54, 1.807) is 0 Å². The molecule has 4 rings (SSSR count). The summed E-state index contributed by atoms with van der Waals surface area (Å²) in [6.45, 7) is 0. The van der Waals surface area contributed by atoms with Crippen LogP contribution in [0.3, 0.4) is 0 Å². The molecule has 2 aliphatic rings. The number of nitrogens with zero attached hydrogens (tertiary/aromatic N) is 1. The molecule has 0 spiro atoms. The second-order valence-corrected chi connectivity index (χ2v) is 6.15. The van der Waals surface area contributed by atoms with Crippen LogP contribution in [0.25, 0.3) is 0 Å². The summed E-state index contributed by atoms with van der Waals surface area (Å²) in [7, 11) is 0. The van der Waals surface area contributed by atoms with Crippen LogP contribution < -0.4 is 0 Å². The Balaban J connectivity index is 1.67. The lowest BCUT2D eigenvalue weighted by molar-refractivity contribution is -0.139. The third-order valence-corrected chi connectivity index (χ3v) is 4.78. The lowest BCUT2D eigenvalue weighted by Crippen LogP contribution is -2.33. The van der Waals surface area contributed by atoms with Gasteiger partial charge in [-0.3, -0.25) is 14.5 Å². The average Bonchev–Trinajstić information content (AvgIpc) is 3.09. The van der Waals surface area contributed by atoms with Crippen LogP contribution in [-0.4, -0.2) is 16.7 Å². The third kappa shape index (κ3) is 2.38. The molecule has 114 valence electrons. The van der Waals surface area contributed by atoms with Crippen molar-refractivity contribution in [2.75, 3.05) is 0 Å². The summed E-state index contributed by atoms with van der Waals surface area (Å²) in [4.78, 5) is 25.5. The van der Waals surface area contributed by atoms with E-state index in [2.05, 4.69) is 18.2 Å². The molecule has 2 aromatic carbocycles. The van der Waals surface area contributed by atoms with Crippen molar-refractivity contribution in [2.45, 2.75) is 24.8 Å². The minimum atomic E-state index is -0.199. The van der Waals surface area contributed by atoms with Crippen LogP contribution in [-0.2, 0) is 16.0 Å². The van der Waals surface area contributed by atoms with Gasteiger partial charge in [-0.05, 0) is 35.4 Å². The highest BCUT2D eigenvalue weighted by atomic mass is 16.2. The van der Waals surface area contributed by atoms with E-state index in [9.17, 15) is 9.59 Å². The van der Waals surface area contributed by atoms with Gasteiger partial charge in [0, 0.05) is 12.2 Å². The predicted octanol–water partition coefficient (Wildman–Crippen LogP) is 3.38. The Hall–Kier alpha value is -2.68. The Morgan fingerprint density at radius 1 is 0.826 bits per heavy atom. The normalized spacial score (nSPS) is 22.7. The number of benzene rings is 2. The number of carbonyl (C=O) groups excluding carboxylic acids is 2. The Bertz CT molecular complexity index is 776. The number of rotatable bonds is 3. The van der Waals surface area contributed by atoms with Gasteiger partial charge in [-0.1, -0.05) is 54.6 Å². The van der Waals surface area contributed by atoms with E-state index in [1.807, 2.05) is 36.4 Å². The van der Waals surface area contributed by atoms with Crippen LogP contribution in [0.4, 0.5) is 0 Å². The summed E-state index contributed by atoms with van der Waals surface area (Å²) in [5.74, 6) is -0.0647. The number of amides is 2. The monoisotopic (exact) mass is 303 g/mol. The lowest BCUT2D eigenvalue weighted by atomic mass is 9.94. The van der Waals surface area contributed by atoms with Gasteiger partial charge in [0.15, 0.2) is 0 Å². The van der Waals surface area contributed by atoms with Crippen molar-refractivity contribution in [3.05, 3.63) is 83.4 Å². The Morgan fingerprint density at radius 2 is 1.43 bits per heavy atom. The molecule has 0 unspecified atom stereocenters. The molecule has 3 heteroatoms. The van der Waals surface area contributed by atoms with Gasteiger partial charge >= 0.3 is 0 Å². The van der Waals surface area contributed by atoms with Crippen LogP contribution in [0.5, 0.6) is 0 Å². The van der Waals surface area contributed by atoms with Crippen LogP contribution in [0.1, 0.15) is 35.1 Å². The maximum atomic E-state index is 12.1. The molecule has 23 heavy (non-hydrogen) atoms.